The van der Waals surface area contributed by atoms with Crippen molar-refractivity contribution in [1.82, 2.24) is 4.90 Å². The summed E-state index contributed by atoms with van der Waals surface area (Å²) >= 11 is 5.67. The number of urea groups is 2. The molecular formula is C9H8ClN5O2. The number of carbonyl (C=O) groups is 2. The Kier molecular flexibility index (Phi) is 4.33. The standard InChI is InChI=1S/C9H8ClN5O2/c1-15(9(17)13-14-11)8(16)12-7-4-2-6(10)3-5-7/h2-5H,1H3,(H,12,16). The van der Waals surface area contributed by atoms with Gasteiger partial charge in [-0.05, 0) is 29.8 Å². The number of hydrogen-bond donors (Lipinski definition) is 1. The smallest absolute Gasteiger partial charge is 0.307 e. The minimum Gasteiger partial charge on any atom is -0.307 e. The normalized spacial score (nSPS) is 9.06. The largest absolute Gasteiger partial charge is 0.328 e. The molecule has 0 aliphatic rings. The first-order valence-electron chi connectivity index (χ1n) is 4.44. The van der Waals surface area contributed by atoms with Crippen LogP contribution in [0.5, 0.6) is 0 Å². The number of rotatable bonds is 1. The van der Waals surface area contributed by atoms with Gasteiger partial charge in [0.25, 0.3) is 0 Å². The van der Waals surface area contributed by atoms with Crippen LogP contribution < -0.4 is 5.32 Å². The first kappa shape index (κ1) is 12.8. The first-order valence-corrected chi connectivity index (χ1v) is 4.81. The minimum atomic E-state index is -0.987. The van der Waals surface area contributed by atoms with Crippen LogP contribution in [0.4, 0.5) is 15.3 Å². The van der Waals surface area contributed by atoms with Crippen LogP contribution in [0, 0.1) is 0 Å². The van der Waals surface area contributed by atoms with Gasteiger partial charge in [0, 0.05) is 27.8 Å². The molecular weight excluding hydrogens is 246 g/mol. The van der Waals surface area contributed by atoms with E-state index in [1.165, 1.54) is 7.05 Å². The van der Waals surface area contributed by atoms with E-state index in [0.717, 1.165) is 0 Å². The number of imide groups is 1. The van der Waals surface area contributed by atoms with Crippen LogP contribution in [0.2, 0.25) is 5.02 Å². The number of hydrogen-bond acceptors (Lipinski definition) is 2. The predicted octanol–water partition coefficient (Wildman–Crippen LogP) is 3.23. The topological polar surface area (TPSA) is 98.2 Å². The van der Waals surface area contributed by atoms with E-state index < -0.39 is 12.1 Å². The van der Waals surface area contributed by atoms with E-state index in [1.807, 2.05) is 0 Å². The highest BCUT2D eigenvalue weighted by Gasteiger charge is 2.14. The Morgan fingerprint density at radius 2 is 2.00 bits per heavy atom. The number of amides is 4. The summed E-state index contributed by atoms with van der Waals surface area (Å²) in [6, 6.07) is 4.64. The summed E-state index contributed by atoms with van der Waals surface area (Å²) in [6.45, 7) is 0. The summed E-state index contributed by atoms with van der Waals surface area (Å²) in [5.74, 6) is 0. The lowest BCUT2D eigenvalue weighted by Crippen LogP contribution is -2.34. The molecule has 0 aliphatic heterocycles. The number of nitrogens with one attached hydrogen (secondary N) is 1. The zero-order valence-electron chi connectivity index (χ0n) is 8.79. The van der Waals surface area contributed by atoms with Gasteiger partial charge >= 0.3 is 12.1 Å². The molecule has 0 heterocycles. The molecule has 0 saturated carbocycles. The van der Waals surface area contributed by atoms with Crippen molar-refractivity contribution in [1.29, 1.82) is 0 Å². The SMILES string of the molecule is CN(C(=O)N=[N+]=[N-])C(=O)Nc1ccc(Cl)cc1. The molecule has 1 aromatic rings. The number of anilines is 1. The van der Waals surface area contributed by atoms with Gasteiger partial charge in [0.05, 0.1) is 0 Å². The average molecular weight is 254 g/mol. The zero-order chi connectivity index (χ0) is 12.8. The number of halogens is 1. The third-order valence-electron chi connectivity index (χ3n) is 1.82. The quantitative estimate of drug-likeness (QED) is 0.472. The lowest BCUT2D eigenvalue weighted by Gasteiger charge is -2.13. The Morgan fingerprint density at radius 3 is 2.53 bits per heavy atom. The van der Waals surface area contributed by atoms with Crippen LogP contribution in [0.15, 0.2) is 29.4 Å². The van der Waals surface area contributed by atoms with Crippen LogP contribution in [0.3, 0.4) is 0 Å². The molecule has 88 valence electrons. The Labute approximate surface area is 102 Å². The summed E-state index contributed by atoms with van der Waals surface area (Å²) in [7, 11) is 1.20. The molecule has 0 fully saturated rings. The maximum absolute atomic E-state index is 11.5. The van der Waals surface area contributed by atoms with Crippen molar-refractivity contribution >= 4 is 29.4 Å². The third kappa shape index (κ3) is 3.67. The molecule has 1 N–H and O–H groups in total. The predicted molar refractivity (Wildman–Crippen MR) is 62.8 cm³/mol. The Balaban J connectivity index is 2.69. The van der Waals surface area contributed by atoms with Gasteiger partial charge in [-0.25, -0.2) is 4.79 Å². The van der Waals surface area contributed by atoms with Gasteiger partial charge in [-0.15, -0.1) is 0 Å². The molecule has 0 atom stereocenters. The second-order valence-corrected chi connectivity index (χ2v) is 3.40. The van der Waals surface area contributed by atoms with Crippen LogP contribution in [-0.2, 0) is 0 Å². The molecule has 0 spiro atoms. The molecule has 4 amide bonds. The summed E-state index contributed by atoms with van der Waals surface area (Å²) in [6.07, 6.45) is 0. The van der Waals surface area contributed by atoms with Crippen molar-refractivity contribution in [3.63, 3.8) is 0 Å². The van der Waals surface area contributed by atoms with Crippen molar-refractivity contribution in [3.8, 4) is 0 Å². The fourth-order valence-corrected chi connectivity index (χ4v) is 1.06. The van der Waals surface area contributed by atoms with Gasteiger partial charge in [0.1, 0.15) is 0 Å². The molecule has 0 aromatic heterocycles. The van der Waals surface area contributed by atoms with Crippen molar-refractivity contribution in [2.75, 3.05) is 12.4 Å². The van der Waals surface area contributed by atoms with E-state index in [1.54, 1.807) is 24.3 Å². The van der Waals surface area contributed by atoms with Crippen LogP contribution in [0.25, 0.3) is 10.4 Å². The molecule has 1 aromatic carbocycles. The van der Waals surface area contributed by atoms with E-state index in [4.69, 9.17) is 17.1 Å². The molecule has 8 heteroatoms. The lowest BCUT2D eigenvalue weighted by atomic mass is 10.3. The van der Waals surface area contributed by atoms with Gasteiger partial charge in [0.2, 0.25) is 0 Å². The fourth-order valence-electron chi connectivity index (χ4n) is 0.933. The van der Waals surface area contributed by atoms with Gasteiger partial charge < -0.3 is 5.32 Å². The molecule has 0 unspecified atom stereocenters. The highest BCUT2D eigenvalue weighted by atomic mass is 35.5. The molecule has 17 heavy (non-hydrogen) atoms. The number of carbonyl (C=O) groups excluding carboxylic acids is 2. The van der Waals surface area contributed by atoms with Crippen LogP contribution in [0.1, 0.15) is 0 Å². The highest BCUT2D eigenvalue weighted by Crippen LogP contribution is 2.13. The maximum atomic E-state index is 11.5. The molecule has 0 radical (unpaired) electrons. The molecule has 0 saturated heterocycles. The van der Waals surface area contributed by atoms with Gasteiger partial charge in [-0.2, -0.15) is 0 Å². The highest BCUT2D eigenvalue weighted by molar-refractivity contribution is 6.30. The van der Waals surface area contributed by atoms with Crippen LogP contribution in [-0.4, -0.2) is 24.0 Å². The van der Waals surface area contributed by atoms with Gasteiger partial charge in [-0.1, -0.05) is 11.6 Å². The lowest BCUT2D eigenvalue weighted by molar-refractivity contribution is 0.208. The van der Waals surface area contributed by atoms with Gasteiger partial charge in [0.15, 0.2) is 0 Å². The number of benzene rings is 1. The number of nitrogens with zero attached hydrogens (tertiary/aromatic N) is 4. The Morgan fingerprint density at radius 1 is 1.41 bits per heavy atom. The van der Waals surface area contributed by atoms with E-state index in [-0.39, 0.29) is 0 Å². The fraction of sp³-hybridized carbons (Fsp3) is 0.111. The Hall–Kier alpha value is -2.24. The Bertz CT molecular complexity index is 481. The average Bonchev–Trinajstić information content (AvgIpc) is 2.31. The van der Waals surface area contributed by atoms with E-state index in [0.29, 0.717) is 15.6 Å². The van der Waals surface area contributed by atoms with Crippen molar-refractivity contribution in [3.05, 3.63) is 39.7 Å². The summed E-state index contributed by atoms with van der Waals surface area (Å²) in [5.41, 5.74) is 8.52. The summed E-state index contributed by atoms with van der Waals surface area (Å²) in [4.78, 5) is 25.5. The van der Waals surface area contributed by atoms with E-state index in [9.17, 15) is 9.59 Å². The van der Waals surface area contributed by atoms with Crippen molar-refractivity contribution in [2.45, 2.75) is 0 Å². The maximum Gasteiger partial charge on any atom is 0.328 e. The monoisotopic (exact) mass is 253 g/mol. The van der Waals surface area contributed by atoms with Crippen molar-refractivity contribution in [2.24, 2.45) is 5.11 Å². The van der Waals surface area contributed by atoms with Crippen molar-refractivity contribution < 1.29 is 9.59 Å². The summed E-state index contributed by atoms with van der Waals surface area (Å²) in [5, 5.41) is 5.75. The molecule has 0 aliphatic carbocycles. The second kappa shape index (κ2) is 5.74. The first-order chi connectivity index (χ1) is 8.04. The number of azide groups is 1. The molecule has 1 rings (SSSR count). The third-order valence-corrected chi connectivity index (χ3v) is 2.07. The molecule has 0 bridgehead atoms. The van der Waals surface area contributed by atoms with Gasteiger partial charge in [-0.3, -0.25) is 9.69 Å². The minimum absolute atomic E-state index is 0.472. The van der Waals surface area contributed by atoms with E-state index >= 15 is 0 Å². The second-order valence-electron chi connectivity index (χ2n) is 2.97. The van der Waals surface area contributed by atoms with E-state index in [2.05, 4.69) is 15.3 Å². The summed E-state index contributed by atoms with van der Waals surface area (Å²) < 4.78 is 0. The molecule has 7 nitrogen and oxygen atoms in total. The zero-order valence-corrected chi connectivity index (χ0v) is 9.55. The van der Waals surface area contributed by atoms with Crippen LogP contribution >= 0.6 is 11.6 Å².